The molecule has 0 aliphatic carbocycles. The molecule has 1 saturated heterocycles. The third-order valence-electron chi connectivity index (χ3n) is 2.57. The molecule has 1 aliphatic heterocycles. The van der Waals surface area contributed by atoms with Gasteiger partial charge in [-0.25, -0.2) is 4.98 Å². The lowest BCUT2D eigenvalue weighted by atomic mass is 10.0. The van der Waals surface area contributed by atoms with Gasteiger partial charge in [-0.3, -0.25) is 0 Å². The highest BCUT2D eigenvalue weighted by Gasteiger charge is 2.31. The van der Waals surface area contributed by atoms with Crippen molar-refractivity contribution >= 4 is 33.9 Å². The topological polar surface area (TPSA) is 24.9 Å². The van der Waals surface area contributed by atoms with Crippen LogP contribution in [0.1, 0.15) is 31.2 Å². The highest BCUT2D eigenvalue weighted by atomic mass is 127. The molecule has 1 aromatic heterocycles. The number of aromatic nitrogens is 1. The van der Waals surface area contributed by atoms with E-state index in [1.807, 2.05) is 17.5 Å². The molecule has 3 atom stereocenters. The van der Waals surface area contributed by atoms with Crippen LogP contribution in [0.2, 0.25) is 0 Å². The maximum Gasteiger partial charge on any atom is 0.0982 e. The summed E-state index contributed by atoms with van der Waals surface area (Å²) in [6, 6.07) is 1.22. The van der Waals surface area contributed by atoms with Crippen molar-refractivity contribution in [3.8, 4) is 0 Å². The summed E-state index contributed by atoms with van der Waals surface area (Å²) in [6.45, 7) is 4.50. The van der Waals surface area contributed by atoms with E-state index in [0.29, 0.717) is 18.0 Å². The molecule has 72 valence electrons. The lowest BCUT2D eigenvalue weighted by Crippen LogP contribution is -2.26. The highest BCUT2D eigenvalue weighted by Crippen LogP contribution is 2.33. The fourth-order valence-electron chi connectivity index (χ4n) is 1.97. The smallest absolute Gasteiger partial charge is 0.0982 e. The van der Waals surface area contributed by atoms with Crippen LogP contribution in [0.3, 0.4) is 0 Å². The minimum Gasteiger partial charge on any atom is -0.311 e. The Bertz CT molecular complexity index is 300. The van der Waals surface area contributed by atoms with Crippen LogP contribution in [0.25, 0.3) is 0 Å². The van der Waals surface area contributed by atoms with Crippen LogP contribution in [0.4, 0.5) is 0 Å². The Balaban J connectivity index is 2.17. The zero-order valence-corrected chi connectivity index (χ0v) is 10.7. The van der Waals surface area contributed by atoms with Gasteiger partial charge >= 0.3 is 0 Å². The Morgan fingerprint density at radius 2 is 2.38 bits per heavy atom. The molecule has 0 spiro atoms. The molecule has 3 unspecified atom stereocenters. The normalized spacial score (nSPS) is 33.9. The highest BCUT2D eigenvalue weighted by molar-refractivity contribution is 14.1. The van der Waals surface area contributed by atoms with Gasteiger partial charge in [-0.05, 0) is 42.9 Å². The molecule has 1 fully saturated rings. The van der Waals surface area contributed by atoms with E-state index in [1.165, 1.54) is 14.3 Å². The molecule has 0 aromatic carbocycles. The number of hydrogen-bond acceptors (Lipinski definition) is 3. The minimum atomic E-state index is 0.581. The maximum absolute atomic E-state index is 4.45. The number of thiazole rings is 1. The van der Waals surface area contributed by atoms with Gasteiger partial charge in [0.05, 0.1) is 14.1 Å². The maximum atomic E-state index is 4.45. The zero-order chi connectivity index (χ0) is 9.42. The summed E-state index contributed by atoms with van der Waals surface area (Å²) in [5.74, 6) is 0.628. The van der Waals surface area contributed by atoms with Crippen molar-refractivity contribution in [3.05, 3.63) is 14.1 Å². The number of nitrogens with zero attached hydrogens (tertiary/aromatic N) is 1. The lowest BCUT2D eigenvalue weighted by molar-refractivity contribution is 0.573. The van der Waals surface area contributed by atoms with Gasteiger partial charge in [-0.2, -0.15) is 0 Å². The van der Waals surface area contributed by atoms with E-state index in [1.54, 1.807) is 0 Å². The Kier molecular flexibility index (Phi) is 2.90. The lowest BCUT2D eigenvalue weighted by Gasteiger charge is -2.10. The fraction of sp³-hybridized carbons (Fsp3) is 0.667. The minimum absolute atomic E-state index is 0.581. The molecule has 1 aliphatic rings. The summed E-state index contributed by atoms with van der Waals surface area (Å²) in [6.07, 6.45) is 3.20. The Morgan fingerprint density at radius 1 is 1.62 bits per heavy atom. The summed E-state index contributed by atoms with van der Waals surface area (Å²) >= 11 is 4.16. The summed E-state index contributed by atoms with van der Waals surface area (Å²) in [5, 5.41) is 4.84. The third-order valence-corrected chi connectivity index (χ3v) is 4.43. The van der Waals surface area contributed by atoms with Gasteiger partial charge in [-0.15, -0.1) is 11.3 Å². The molecule has 2 rings (SSSR count). The predicted octanol–water partition coefficient (Wildman–Crippen LogP) is 2.60. The van der Waals surface area contributed by atoms with Crippen molar-refractivity contribution in [2.24, 2.45) is 0 Å². The molecule has 2 heterocycles. The van der Waals surface area contributed by atoms with Gasteiger partial charge in [0.25, 0.3) is 0 Å². The summed E-state index contributed by atoms with van der Waals surface area (Å²) in [5.41, 5.74) is 0. The molecule has 1 aromatic rings. The van der Waals surface area contributed by atoms with Crippen molar-refractivity contribution in [1.29, 1.82) is 0 Å². The first-order valence-corrected chi connectivity index (χ1v) is 6.43. The SMILES string of the molecule is CC1CC(c2ncc(I)s2)C(C)N1. The standard InChI is InChI=1S/C9H13IN2S/c1-5-3-7(6(2)12-5)9-11-4-8(10)13-9/h4-7,12H,3H2,1-2H3. The Labute approximate surface area is 96.3 Å². The summed E-state index contributed by atoms with van der Waals surface area (Å²) in [4.78, 5) is 4.45. The summed E-state index contributed by atoms with van der Waals surface area (Å²) < 4.78 is 1.29. The number of hydrogen-bond donors (Lipinski definition) is 1. The van der Waals surface area contributed by atoms with Crippen molar-refractivity contribution in [2.75, 3.05) is 0 Å². The van der Waals surface area contributed by atoms with Gasteiger partial charge in [0.1, 0.15) is 0 Å². The predicted molar refractivity (Wildman–Crippen MR) is 64.2 cm³/mol. The van der Waals surface area contributed by atoms with Crippen LogP contribution in [-0.4, -0.2) is 17.1 Å². The van der Waals surface area contributed by atoms with Crippen molar-refractivity contribution in [2.45, 2.75) is 38.3 Å². The first-order valence-electron chi connectivity index (χ1n) is 4.54. The molecule has 0 radical (unpaired) electrons. The Morgan fingerprint density at radius 3 is 2.85 bits per heavy atom. The van der Waals surface area contributed by atoms with Crippen LogP contribution in [0.15, 0.2) is 6.20 Å². The van der Waals surface area contributed by atoms with Gasteiger partial charge in [-0.1, -0.05) is 0 Å². The molecule has 4 heteroatoms. The Hall–Kier alpha value is 0.320. The summed E-state index contributed by atoms with van der Waals surface area (Å²) in [7, 11) is 0. The van der Waals surface area contributed by atoms with Crippen LogP contribution in [0, 0.1) is 2.88 Å². The number of halogens is 1. The first-order chi connectivity index (χ1) is 6.16. The second kappa shape index (κ2) is 3.82. The third kappa shape index (κ3) is 2.05. The molecule has 0 bridgehead atoms. The first kappa shape index (κ1) is 9.86. The average molecular weight is 308 g/mol. The largest absolute Gasteiger partial charge is 0.311 e. The van der Waals surface area contributed by atoms with Crippen LogP contribution < -0.4 is 5.32 Å². The molecular weight excluding hydrogens is 295 g/mol. The van der Waals surface area contributed by atoms with Gasteiger partial charge < -0.3 is 5.32 Å². The van der Waals surface area contributed by atoms with Crippen LogP contribution in [0.5, 0.6) is 0 Å². The molecule has 0 saturated carbocycles. The molecule has 2 nitrogen and oxygen atoms in total. The van der Waals surface area contributed by atoms with Crippen molar-refractivity contribution < 1.29 is 0 Å². The van der Waals surface area contributed by atoms with E-state index in [2.05, 4.69) is 46.7 Å². The molecular formula is C9H13IN2S. The van der Waals surface area contributed by atoms with Gasteiger partial charge in [0, 0.05) is 18.0 Å². The zero-order valence-electron chi connectivity index (χ0n) is 7.75. The quantitative estimate of drug-likeness (QED) is 0.807. The van der Waals surface area contributed by atoms with Gasteiger partial charge in [0.15, 0.2) is 0 Å². The number of nitrogens with one attached hydrogen (secondary N) is 1. The fourth-order valence-corrected chi connectivity index (χ4v) is 3.65. The van der Waals surface area contributed by atoms with E-state index in [4.69, 9.17) is 0 Å². The number of rotatable bonds is 1. The average Bonchev–Trinajstić information content (AvgIpc) is 2.58. The van der Waals surface area contributed by atoms with Crippen LogP contribution >= 0.6 is 33.9 Å². The van der Waals surface area contributed by atoms with Crippen molar-refractivity contribution in [3.63, 3.8) is 0 Å². The van der Waals surface area contributed by atoms with E-state index in [9.17, 15) is 0 Å². The van der Waals surface area contributed by atoms with Crippen molar-refractivity contribution in [1.82, 2.24) is 10.3 Å². The molecule has 0 amide bonds. The monoisotopic (exact) mass is 308 g/mol. The van der Waals surface area contributed by atoms with E-state index >= 15 is 0 Å². The molecule has 1 N–H and O–H groups in total. The van der Waals surface area contributed by atoms with E-state index in [0.717, 1.165) is 0 Å². The van der Waals surface area contributed by atoms with Crippen LogP contribution in [-0.2, 0) is 0 Å². The van der Waals surface area contributed by atoms with Gasteiger partial charge in [0.2, 0.25) is 0 Å². The second-order valence-electron chi connectivity index (χ2n) is 3.70. The van der Waals surface area contributed by atoms with E-state index < -0.39 is 0 Å². The molecule has 13 heavy (non-hydrogen) atoms. The second-order valence-corrected chi connectivity index (χ2v) is 6.66. The van der Waals surface area contributed by atoms with E-state index in [-0.39, 0.29) is 0 Å².